The second-order valence-electron chi connectivity index (χ2n) is 7.87. The van der Waals surface area contributed by atoms with Crippen molar-refractivity contribution in [2.45, 2.75) is 19.0 Å². The normalized spacial score (nSPS) is 12.1. The van der Waals surface area contributed by atoms with E-state index in [4.69, 9.17) is 5.73 Å². The van der Waals surface area contributed by atoms with Gasteiger partial charge in [-0.1, -0.05) is 60.7 Å². The van der Waals surface area contributed by atoms with Gasteiger partial charge >= 0.3 is 0 Å². The van der Waals surface area contributed by atoms with Gasteiger partial charge in [-0.05, 0) is 49.0 Å². The van der Waals surface area contributed by atoms with Crippen LogP contribution >= 0.6 is 0 Å². The molecule has 0 bridgehead atoms. The van der Waals surface area contributed by atoms with Crippen LogP contribution in [0.3, 0.4) is 0 Å². The SMILES string of the molecule is CN(C)Cc1ccc(/C=C/c2ncccc2C(=O)NC(Cc2ccccc2)C(N)=O)cc1. The van der Waals surface area contributed by atoms with Crippen molar-refractivity contribution in [1.29, 1.82) is 0 Å². The number of pyridine rings is 1. The summed E-state index contributed by atoms with van der Waals surface area (Å²) in [5, 5.41) is 2.75. The Hall–Kier alpha value is -3.77. The third-order valence-electron chi connectivity index (χ3n) is 4.93. The van der Waals surface area contributed by atoms with Crippen LogP contribution in [0.25, 0.3) is 12.2 Å². The second kappa shape index (κ2) is 11.0. The van der Waals surface area contributed by atoms with Crippen LogP contribution in [0.1, 0.15) is 32.7 Å². The first kappa shape index (κ1) is 22.9. The molecule has 32 heavy (non-hydrogen) atoms. The number of amides is 2. The Labute approximate surface area is 188 Å². The Morgan fingerprint density at radius 1 is 0.969 bits per heavy atom. The van der Waals surface area contributed by atoms with Gasteiger partial charge < -0.3 is 16.0 Å². The highest BCUT2D eigenvalue weighted by atomic mass is 16.2. The fourth-order valence-electron chi connectivity index (χ4n) is 3.33. The summed E-state index contributed by atoms with van der Waals surface area (Å²) < 4.78 is 0. The summed E-state index contributed by atoms with van der Waals surface area (Å²) in [6.45, 7) is 0.874. The van der Waals surface area contributed by atoms with Crippen molar-refractivity contribution < 1.29 is 9.59 Å². The lowest BCUT2D eigenvalue weighted by Crippen LogP contribution is -2.46. The van der Waals surface area contributed by atoms with Crippen molar-refractivity contribution in [3.8, 4) is 0 Å². The summed E-state index contributed by atoms with van der Waals surface area (Å²) in [7, 11) is 4.06. The fraction of sp³-hybridized carbons (Fsp3) is 0.192. The Morgan fingerprint density at radius 2 is 1.69 bits per heavy atom. The van der Waals surface area contributed by atoms with Crippen LogP contribution in [0.4, 0.5) is 0 Å². The lowest BCUT2D eigenvalue weighted by atomic mass is 10.0. The Bertz CT molecular complexity index is 1080. The Balaban J connectivity index is 1.74. The van der Waals surface area contributed by atoms with Gasteiger partial charge in [0.2, 0.25) is 5.91 Å². The average molecular weight is 429 g/mol. The molecule has 3 rings (SSSR count). The highest BCUT2D eigenvalue weighted by Crippen LogP contribution is 2.13. The van der Waals surface area contributed by atoms with Crippen LogP contribution in [-0.2, 0) is 17.8 Å². The van der Waals surface area contributed by atoms with E-state index < -0.39 is 11.9 Å². The molecule has 0 aliphatic rings. The maximum atomic E-state index is 12.9. The van der Waals surface area contributed by atoms with E-state index in [1.54, 1.807) is 24.4 Å². The first-order chi connectivity index (χ1) is 15.4. The molecule has 3 N–H and O–H groups in total. The first-order valence-electron chi connectivity index (χ1n) is 10.4. The maximum absolute atomic E-state index is 12.9. The molecule has 6 heteroatoms. The van der Waals surface area contributed by atoms with Gasteiger partial charge in [-0.25, -0.2) is 0 Å². The molecular formula is C26H28N4O2. The van der Waals surface area contributed by atoms with Crippen molar-refractivity contribution in [2.75, 3.05) is 14.1 Å². The maximum Gasteiger partial charge on any atom is 0.254 e. The molecule has 1 heterocycles. The van der Waals surface area contributed by atoms with E-state index in [2.05, 4.69) is 27.3 Å². The second-order valence-corrected chi connectivity index (χ2v) is 7.87. The van der Waals surface area contributed by atoms with E-state index >= 15 is 0 Å². The standard InChI is InChI=1S/C26H28N4O2/c1-30(2)18-21-12-10-19(11-13-21)14-15-23-22(9-6-16-28-23)26(32)29-24(25(27)31)17-20-7-4-3-5-8-20/h3-16,24H,17-18H2,1-2H3,(H2,27,31)(H,29,32)/b15-14+. The molecule has 2 amide bonds. The van der Waals surface area contributed by atoms with Gasteiger partial charge in [-0.15, -0.1) is 0 Å². The summed E-state index contributed by atoms with van der Waals surface area (Å²) in [5.74, 6) is -0.972. The first-order valence-corrected chi connectivity index (χ1v) is 10.4. The molecule has 6 nitrogen and oxygen atoms in total. The van der Waals surface area contributed by atoms with Crippen LogP contribution in [0.15, 0.2) is 72.9 Å². The predicted octanol–water partition coefficient (Wildman–Crippen LogP) is 3.14. The van der Waals surface area contributed by atoms with Gasteiger partial charge in [0.05, 0.1) is 11.3 Å². The molecule has 0 aliphatic heterocycles. The van der Waals surface area contributed by atoms with Crippen molar-refractivity contribution in [2.24, 2.45) is 5.73 Å². The Kier molecular flexibility index (Phi) is 7.89. The smallest absolute Gasteiger partial charge is 0.254 e. The van der Waals surface area contributed by atoms with Gasteiger partial charge in [0.1, 0.15) is 6.04 Å². The topological polar surface area (TPSA) is 88.3 Å². The molecule has 3 aromatic rings. The largest absolute Gasteiger partial charge is 0.368 e. The number of aromatic nitrogens is 1. The molecule has 1 aromatic heterocycles. The van der Waals surface area contributed by atoms with Crippen molar-refractivity contribution in [3.05, 3.63) is 101 Å². The highest BCUT2D eigenvalue weighted by Gasteiger charge is 2.20. The van der Waals surface area contributed by atoms with E-state index in [9.17, 15) is 9.59 Å². The number of nitrogens with two attached hydrogens (primary N) is 1. The number of primary amides is 1. The summed E-state index contributed by atoms with van der Waals surface area (Å²) in [5.41, 5.74) is 9.58. The number of carbonyl (C=O) groups excluding carboxylic acids is 2. The molecule has 0 fully saturated rings. The number of nitrogens with one attached hydrogen (secondary N) is 1. The van der Waals surface area contributed by atoms with E-state index in [-0.39, 0.29) is 5.91 Å². The van der Waals surface area contributed by atoms with E-state index in [1.165, 1.54) is 5.56 Å². The highest BCUT2D eigenvalue weighted by molar-refractivity contribution is 6.00. The van der Waals surface area contributed by atoms with E-state index in [0.717, 1.165) is 17.7 Å². The van der Waals surface area contributed by atoms with Gasteiger partial charge in [-0.2, -0.15) is 0 Å². The lowest BCUT2D eigenvalue weighted by Gasteiger charge is -2.16. The number of hydrogen-bond donors (Lipinski definition) is 2. The molecule has 0 saturated carbocycles. The molecule has 164 valence electrons. The van der Waals surface area contributed by atoms with Crippen LogP contribution in [0, 0.1) is 0 Å². The number of hydrogen-bond acceptors (Lipinski definition) is 4. The molecule has 0 spiro atoms. The zero-order chi connectivity index (χ0) is 22.9. The zero-order valence-corrected chi connectivity index (χ0v) is 18.4. The zero-order valence-electron chi connectivity index (χ0n) is 18.4. The molecule has 1 unspecified atom stereocenters. The minimum Gasteiger partial charge on any atom is -0.368 e. The summed E-state index contributed by atoms with van der Waals surface area (Å²) >= 11 is 0. The van der Waals surface area contributed by atoms with Crippen LogP contribution in [0.5, 0.6) is 0 Å². The van der Waals surface area contributed by atoms with Crippen molar-refractivity contribution >= 4 is 24.0 Å². The van der Waals surface area contributed by atoms with Gasteiger partial charge in [-0.3, -0.25) is 14.6 Å². The monoisotopic (exact) mass is 428 g/mol. The van der Waals surface area contributed by atoms with E-state index in [0.29, 0.717) is 17.7 Å². The number of nitrogens with zero attached hydrogens (tertiary/aromatic N) is 2. The van der Waals surface area contributed by atoms with Crippen LogP contribution < -0.4 is 11.1 Å². The quantitative estimate of drug-likeness (QED) is 0.548. The number of rotatable bonds is 9. The number of benzene rings is 2. The van der Waals surface area contributed by atoms with Crippen molar-refractivity contribution in [1.82, 2.24) is 15.2 Å². The lowest BCUT2D eigenvalue weighted by molar-refractivity contribution is -0.119. The molecular weight excluding hydrogens is 400 g/mol. The van der Waals surface area contributed by atoms with Crippen LogP contribution in [-0.4, -0.2) is 41.8 Å². The van der Waals surface area contributed by atoms with Gasteiger partial charge in [0.15, 0.2) is 0 Å². The van der Waals surface area contributed by atoms with Gasteiger partial charge in [0, 0.05) is 19.2 Å². The summed E-state index contributed by atoms with van der Waals surface area (Å²) in [4.78, 5) is 31.3. The predicted molar refractivity (Wildman–Crippen MR) is 128 cm³/mol. The van der Waals surface area contributed by atoms with Crippen LogP contribution in [0.2, 0.25) is 0 Å². The molecule has 1 atom stereocenters. The average Bonchev–Trinajstić information content (AvgIpc) is 2.78. The van der Waals surface area contributed by atoms with Crippen molar-refractivity contribution in [3.63, 3.8) is 0 Å². The van der Waals surface area contributed by atoms with Gasteiger partial charge in [0.25, 0.3) is 5.91 Å². The third kappa shape index (κ3) is 6.62. The minimum atomic E-state index is -0.814. The molecule has 0 radical (unpaired) electrons. The third-order valence-corrected chi connectivity index (χ3v) is 4.93. The summed E-state index contributed by atoms with van der Waals surface area (Å²) in [6, 6.07) is 20.2. The van der Waals surface area contributed by atoms with E-state index in [1.807, 2.05) is 62.6 Å². The Morgan fingerprint density at radius 3 is 2.34 bits per heavy atom. The molecule has 2 aromatic carbocycles. The number of carbonyl (C=O) groups is 2. The minimum absolute atomic E-state index is 0.326. The molecule has 0 aliphatic carbocycles. The molecule has 0 saturated heterocycles. The summed E-state index contributed by atoms with van der Waals surface area (Å²) in [6.07, 6.45) is 5.67. The fourth-order valence-corrected chi connectivity index (χ4v) is 3.33.